The van der Waals surface area contributed by atoms with Crippen LogP contribution < -0.4 is 5.32 Å². The first-order chi connectivity index (χ1) is 11.4. The molecule has 1 aromatic heterocycles. The summed E-state index contributed by atoms with van der Waals surface area (Å²) in [5.41, 5.74) is 2.64. The molecule has 5 heteroatoms. The number of hydrogen-bond donors (Lipinski definition) is 2. The molecule has 0 unspecified atom stereocenters. The summed E-state index contributed by atoms with van der Waals surface area (Å²) < 4.78 is 0. The molecule has 3 rings (SSSR count). The molecular formula is C19H26N4O. The zero-order valence-corrected chi connectivity index (χ0v) is 14.7. The standard InChI is InChI=1S/C19H26N4O/c1-18(2)12-19(18,15-7-5-4-6-8-15)13-23(3)17(24)21-10-9-16-11-20-14-22-16/h4-8,11,14H,9-10,12-13H2,1-3H3,(H,20,22)(H,21,24)/t19-/m0/s1. The highest BCUT2D eigenvalue weighted by molar-refractivity contribution is 5.74. The lowest BCUT2D eigenvalue weighted by Crippen LogP contribution is -2.43. The SMILES string of the molecule is CN(C[C@]1(c2ccccc2)CC1(C)C)C(=O)NCCc1cnc[nH]1. The minimum Gasteiger partial charge on any atom is -0.348 e. The molecule has 2 N–H and O–H groups in total. The Balaban J connectivity index is 1.58. The summed E-state index contributed by atoms with van der Waals surface area (Å²) in [7, 11) is 1.88. The Morgan fingerprint density at radius 3 is 2.62 bits per heavy atom. The number of carbonyl (C=O) groups is 1. The van der Waals surface area contributed by atoms with Crippen LogP contribution in [0.2, 0.25) is 0 Å². The Kier molecular flexibility index (Phi) is 4.35. The monoisotopic (exact) mass is 326 g/mol. The molecule has 1 heterocycles. The summed E-state index contributed by atoms with van der Waals surface area (Å²) in [6.45, 7) is 5.90. The molecule has 2 amide bonds. The molecule has 0 spiro atoms. The second-order valence-electron chi connectivity index (χ2n) is 7.42. The van der Waals surface area contributed by atoms with E-state index in [1.54, 1.807) is 12.5 Å². The fourth-order valence-corrected chi connectivity index (χ4v) is 3.66. The Bertz CT molecular complexity index is 681. The maximum atomic E-state index is 12.4. The molecule has 0 saturated heterocycles. The number of aromatic amines is 1. The summed E-state index contributed by atoms with van der Waals surface area (Å²) >= 11 is 0. The topological polar surface area (TPSA) is 61.0 Å². The number of carbonyl (C=O) groups excluding carboxylic acids is 1. The molecule has 1 atom stereocenters. The number of urea groups is 1. The van der Waals surface area contributed by atoms with Gasteiger partial charge in [-0.15, -0.1) is 0 Å². The number of aromatic nitrogens is 2. The van der Waals surface area contributed by atoms with Crippen LogP contribution in [-0.2, 0) is 11.8 Å². The van der Waals surface area contributed by atoms with Gasteiger partial charge in [0.1, 0.15) is 0 Å². The van der Waals surface area contributed by atoms with Gasteiger partial charge in [0, 0.05) is 43.9 Å². The van der Waals surface area contributed by atoms with E-state index in [0.29, 0.717) is 6.54 Å². The van der Waals surface area contributed by atoms with Crippen LogP contribution in [0.5, 0.6) is 0 Å². The minimum absolute atomic E-state index is 0.0208. The third-order valence-corrected chi connectivity index (χ3v) is 5.32. The Morgan fingerprint density at radius 2 is 2.04 bits per heavy atom. The highest BCUT2D eigenvalue weighted by Crippen LogP contribution is 2.64. The first kappa shape index (κ1) is 16.6. The van der Waals surface area contributed by atoms with E-state index in [1.807, 2.05) is 18.0 Å². The first-order valence-electron chi connectivity index (χ1n) is 8.46. The second kappa shape index (κ2) is 6.30. The number of nitrogens with zero attached hydrogens (tertiary/aromatic N) is 2. The van der Waals surface area contributed by atoms with Gasteiger partial charge in [-0.3, -0.25) is 0 Å². The molecule has 1 aliphatic carbocycles. The van der Waals surface area contributed by atoms with Crippen LogP contribution in [-0.4, -0.2) is 41.0 Å². The molecule has 24 heavy (non-hydrogen) atoms. The number of H-pyrrole nitrogens is 1. The quantitative estimate of drug-likeness (QED) is 0.857. The third-order valence-electron chi connectivity index (χ3n) is 5.32. The fourth-order valence-electron chi connectivity index (χ4n) is 3.66. The van der Waals surface area contributed by atoms with Crippen molar-refractivity contribution in [2.75, 3.05) is 20.1 Å². The largest absolute Gasteiger partial charge is 0.348 e. The van der Waals surface area contributed by atoms with E-state index in [1.165, 1.54) is 5.56 Å². The Hall–Kier alpha value is -2.30. The molecule has 1 aromatic carbocycles. The summed E-state index contributed by atoms with van der Waals surface area (Å²) in [6, 6.07) is 10.5. The van der Waals surface area contributed by atoms with Crippen molar-refractivity contribution >= 4 is 6.03 Å². The normalized spacial score (nSPS) is 21.3. The second-order valence-corrected chi connectivity index (χ2v) is 7.42. The van der Waals surface area contributed by atoms with Gasteiger partial charge in [0.25, 0.3) is 0 Å². The van der Waals surface area contributed by atoms with Crippen LogP contribution in [0.4, 0.5) is 4.79 Å². The number of likely N-dealkylation sites (N-methyl/N-ethyl adjacent to an activating group) is 1. The highest BCUT2D eigenvalue weighted by Gasteiger charge is 2.62. The van der Waals surface area contributed by atoms with Gasteiger partial charge in [0.15, 0.2) is 0 Å². The van der Waals surface area contributed by atoms with Crippen molar-refractivity contribution in [3.8, 4) is 0 Å². The van der Waals surface area contributed by atoms with Crippen molar-refractivity contribution < 1.29 is 4.79 Å². The van der Waals surface area contributed by atoms with Gasteiger partial charge >= 0.3 is 6.03 Å². The number of nitrogens with one attached hydrogen (secondary N) is 2. The fraction of sp³-hybridized carbons (Fsp3) is 0.474. The summed E-state index contributed by atoms with van der Waals surface area (Å²) in [5, 5.41) is 2.99. The first-order valence-corrected chi connectivity index (χ1v) is 8.46. The van der Waals surface area contributed by atoms with Gasteiger partial charge in [0.2, 0.25) is 0 Å². The molecule has 0 bridgehead atoms. The average molecular weight is 326 g/mol. The number of rotatable bonds is 6. The maximum absolute atomic E-state index is 12.4. The maximum Gasteiger partial charge on any atom is 0.317 e. The van der Waals surface area contributed by atoms with Gasteiger partial charge in [0.05, 0.1) is 6.33 Å². The molecule has 0 aliphatic heterocycles. The van der Waals surface area contributed by atoms with Gasteiger partial charge in [-0.25, -0.2) is 9.78 Å². The molecular weight excluding hydrogens is 300 g/mol. The lowest BCUT2D eigenvalue weighted by Gasteiger charge is -2.28. The molecule has 1 saturated carbocycles. The molecule has 1 fully saturated rings. The third kappa shape index (κ3) is 3.16. The van der Waals surface area contributed by atoms with Crippen LogP contribution in [0.1, 0.15) is 31.5 Å². The van der Waals surface area contributed by atoms with Crippen molar-refractivity contribution in [1.29, 1.82) is 0 Å². The van der Waals surface area contributed by atoms with Crippen LogP contribution in [0, 0.1) is 5.41 Å². The van der Waals surface area contributed by atoms with Crippen molar-refractivity contribution in [2.45, 2.75) is 32.1 Å². The molecule has 2 aromatic rings. The van der Waals surface area contributed by atoms with Gasteiger partial charge < -0.3 is 15.2 Å². The van der Waals surface area contributed by atoms with Crippen LogP contribution in [0.3, 0.4) is 0 Å². The van der Waals surface area contributed by atoms with Crippen LogP contribution in [0.25, 0.3) is 0 Å². The van der Waals surface area contributed by atoms with E-state index < -0.39 is 0 Å². The van der Waals surface area contributed by atoms with Gasteiger partial charge in [-0.2, -0.15) is 0 Å². The van der Waals surface area contributed by atoms with Crippen molar-refractivity contribution in [3.63, 3.8) is 0 Å². The molecule has 1 aliphatic rings. The van der Waals surface area contributed by atoms with E-state index in [2.05, 4.69) is 53.4 Å². The minimum atomic E-state index is -0.0208. The lowest BCUT2D eigenvalue weighted by molar-refractivity contribution is 0.201. The smallest absolute Gasteiger partial charge is 0.317 e. The van der Waals surface area contributed by atoms with Crippen LogP contribution in [0.15, 0.2) is 42.9 Å². The number of hydrogen-bond acceptors (Lipinski definition) is 2. The van der Waals surface area contributed by atoms with Gasteiger partial charge in [-0.1, -0.05) is 44.2 Å². The number of amides is 2. The lowest BCUT2D eigenvalue weighted by atomic mass is 9.87. The Labute approximate surface area is 143 Å². The van der Waals surface area contributed by atoms with E-state index in [4.69, 9.17) is 0 Å². The van der Waals surface area contributed by atoms with Crippen molar-refractivity contribution in [2.24, 2.45) is 5.41 Å². The van der Waals surface area contributed by atoms with Crippen molar-refractivity contribution in [3.05, 3.63) is 54.1 Å². The average Bonchev–Trinajstić information content (AvgIpc) is 2.92. The zero-order valence-electron chi connectivity index (χ0n) is 14.7. The van der Waals surface area contributed by atoms with Crippen molar-refractivity contribution in [1.82, 2.24) is 20.2 Å². The highest BCUT2D eigenvalue weighted by atomic mass is 16.2. The molecule has 0 radical (unpaired) electrons. The molecule has 5 nitrogen and oxygen atoms in total. The number of imidazole rings is 1. The summed E-state index contributed by atoms with van der Waals surface area (Å²) in [5.74, 6) is 0. The predicted molar refractivity (Wildman–Crippen MR) is 94.8 cm³/mol. The number of benzene rings is 1. The summed E-state index contributed by atoms with van der Waals surface area (Å²) in [4.78, 5) is 21.2. The van der Waals surface area contributed by atoms with E-state index in [-0.39, 0.29) is 16.9 Å². The van der Waals surface area contributed by atoms with E-state index >= 15 is 0 Å². The van der Waals surface area contributed by atoms with Crippen LogP contribution >= 0.6 is 0 Å². The zero-order chi connectivity index (χ0) is 17.2. The predicted octanol–water partition coefficient (Wildman–Crippen LogP) is 2.96. The molecule has 128 valence electrons. The van der Waals surface area contributed by atoms with Gasteiger partial charge in [-0.05, 0) is 17.4 Å². The van der Waals surface area contributed by atoms with E-state index in [9.17, 15) is 4.79 Å². The summed E-state index contributed by atoms with van der Waals surface area (Å²) in [6.07, 6.45) is 5.31. The Morgan fingerprint density at radius 1 is 1.33 bits per heavy atom. The van der Waals surface area contributed by atoms with E-state index in [0.717, 1.165) is 25.1 Å².